The number of fused-ring (bicyclic) bond motifs is 1. The van der Waals surface area contributed by atoms with E-state index in [-0.39, 0.29) is 0 Å². The minimum atomic E-state index is 0.503. The normalized spacial score (nSPS) is 10.9. The molecule has 0 amide bonds. The molecule has 3 rings (SSSR count). The van der Waals surface area contributed by atoms with Crippen molar-refractivity contribution >= 4 is 16.7 Å². The summed E-state index contributed by atoms with van der Waals surface area (Å²) < 4.78 is 1.11. The molecule has 0 aliphatic carbocycles. The van der Waals surface area contributed by atoms with Gasteiger partial charge in [0.05, 0.1) is 5.52 Å². The quantitative estimate of drug-likeness (QED) is 0.507. The summed E-state index contributed by atoms with van der Waals surface area (Å²) in [5.41, 5.74) is 9.74. The number of aromatic nitrogens is 2. The molecule has 4 nitrogen and oxygen atoms in total. The predicted molar refractivity (Wildman–Crippen MR) is 71.5 cm³/mol. The Morgan fingerprint density at radius 3 is 2.78 bits per heavy atom. The fourth-order valence-electron chi connectivity index (χ4n) is 2.04. The molecule has 3 aromatic rings. The van der Waals surface area contributed by atoms with Crippen LogP contribution in [0.15, 0.2) is 42.5 Å². The summed E-state index contributed by atoms with van der Waals surface area (Å²) in [4.78, 5) is 4.42. The van der Waals surface area contributed by atoms with Gasteiger partial charge >= 0.3 is 0 Å². The van der Waals surface area contributed by atoms with Gasteiger partial charge in [-0.1, -0.05) is 18.2 Å². The maximum atomic E-state index is 10.2. The Morgan fingerprint density at radius 1 is 1.17 bits per heavy atom. The third kappa shape index (κ3) is 1.59. The highest BCUT2D eigenvalue weighted by molar-refractivity contribution is 5.81. The predicted octanol–water partition coefficient (Wildman–Crippen LogP) is 2.83. The molecule has 0 fully saturated rings. The molecule has 0 saturated carbocycles. The van der Waals surface area contributed by atoms with Crippen LogP contribution >= 0.6 is 0 Å². The molecule has 0 aliphatic heterocycles. The Balaban J connectivity index is 2.27. The van der Waals surface area contributed by atoms with Gasteiger partial charge in [-0.25, -0.2) is 4.98 Å². The summed E-state index contributed by atoms with van der Waals surface area (Å²) in [7, 11) is 0. The van der Waals surface area contributed by atoms with Gasteiger partial charge in [0.1, 0.15) is 5.52 Å². The SMILES string of the molecule is Cc1ccc2nc(-c3cccc(N)c3)n(O)c2c1. The third-order valence-corrected chi connectivity index (χ3v) is 2.93. The lowest BCUT2D eigenvalue weighted by Crippen LogP contribution is -1.95. The van der Waals surface area contributed by atoms with Crippen molar-refractivity contribution in [3.05, 3.63) is 48.0 Å². The van der Waals surface area contributed by atoms with Gasteiger partial charge in [-0.3, -0.25) is 0 Å². The average Bonchev–Trinajstić information content (AvgIpc) is 2.67. The number of nitrogens with two attached hydrogens (primary N) is 1. The fraction of sp³-hybridized carbons (Fsp3) is 0.0714. The zero-order valence-corrected chi connectivity index (χ0v) is 9.96. The van der Waals surface area contributed by atoms with Crippen molar-refractivity contribution in [2.24, 2.45) is 0 Å². The number of nitrogens with zero attached hydrogens (tertiary/aromatic N) is 2. The number of imidazole rings is 1. The van der Waals surface area contributed by atoms with E-state index in [9.17, 15) is 5.21 Å². The average molecular weight is 239 g/mol. The number of nitrogen functional groups attached to an aromatic ring is 1. The van der Waals surface area contributed by atoms with Crippen LogP contribution in [0.3, 0.4) is 0 Å². The minimum absolute atomic E-state index is 0.503. The highest BCUT2D eigenvalue weighted by Crippen LogP contribution is 2.25. The Labute approximate surface area is 104 Å². The number of anilines is 1. The van der Waals surface area contributed by atoms with Gasteiger partial charge in [0.2, 0.25) is 0 Å². The zero-order chi connectivity index (χ0) is 12.7. The molecule has 18 heavy (non-hydrogen) atoms. The van der Waals surface area contributed by atoms with E-state index in [1.165, 1.54) is 0 Å². The summed E-state index contributed by atoms with van der Waals surface area (Å²) in [5, 5.41) is 10.2. The van der Waals surface area contributed by atoms with E-state index in [0.29, 0.717) is 17.0 Å². The van der Waals surface area contributed by atoms with Crippen LogP contribution in [0, 0.1) is 6.92 Å². The van der Waals surface area contributed by atoms with Crippen molar-refractivity contribution < 1.29 is 5.21 Å². The molecule has 0 radical (unpaired) electrons. The van der Waals surface area contributed by atoms with Gasteiger partial charge in [-0.2, -0.15) is 4.73 Å². The van der Waals surface area contributed by atoms with Gasteiger partial charge in [0.25, 0.3) is 0 Å². The Morgan fingerprint density at radius 2 is 2.00 bits per heavy atom. The van der Waals surface area contributed by atoms with Crippen LogP contribution in [0.5, 0.6) is 0 Å². The molecule has 0 atom stereocenters. The van der Waals surface area contributed by atoms with Crippen LogP contribution < -0.4 is 5.73 Å². The molecule has 4 heteroatoms. The first-order valence-electron chi connectivity index (χ1n) is 5.69. The van der Waals surface area contributed by atoms with Gasteiger partial charge in [0, 0.05) is 11.3 Å². The lowest BCUT2D eigenvalue weighted by Gasteiger charge is -2.02. The molecule has 0 spiro atoms. The monoisotopic (exact) mass is 239 g/mol. The largest absolute Gasteiger partial charge is 0.426 e. The van der Waals surface area contributed by atoms with Gasteiger partial charge in [-0.05, 0) is 36.8 Å². The summed E-state index contributed by atoms with van der Waals surface area (Å²) >= 11 is 0. The summed E-state index contributed by atoms with van der Waals surface area (Å²) in [6, 6.07) is 13.1. The molecule has 0 unspecified atom stereocenters. The van der Waals surface area contributed by atoms with E-state index in [4.69, 9.17) is 5.73 Å². The van der Waals surface area contributed by atoms with Crippen molar-refractivity contribution in [1.82, 2.24) is 9.71 Å². The summed E-state index contributed by atoms with van der Waals surface area (Å²) in [5.74, 6) is 0.503. The molecular weight excluding hydrogens is 226 g/mol. The molecule has 1 heterocycles. The summed E-state index contributed by atoms with van der Waals surface area (Å²) in [6.07, 6.45) is 0. The first-order chi connectivity index (χ1) is 8.65. The fourth-order valence-corrected chi connectivity index (χ4v) is 2.04. The second-order valence-electron chi connectivity index (χ2n) is 4.36. The minimum Gasteiger partial charge on any atom is -0.426 e. The zero-order valence-electron chi connectivity index (χ0n) is 9.96. The van der Waals surface area contributed by atoms with Crippen LogP contribution in [-0.4, -0.2) is 14.9 Å². The first-order valence-corrected chi connectivity index (χ1v) is 5.69. The number of benzene rings is 2. The topological polar surface area (TPSA) is 64.1 Å². The van der Waals surface area contributed by atoms with Crippen LogP contribution in [0.2, 0.25) is 0 Å². The van der Waals surface area contributed by atoms with Crippen molar-refractivity contribution in [3.63, 3.8) is 0 Å². The standard InChI is InChI=1S/C14H13N3O/c1-9-5-6-12-13(7-9)17(18)14(16-12)10-3-2-4-11(15)8-10/h2-8,18H,15H2,1H3. The van der Waals surface area contributed by atoms with Gasteiger partial charge < -0.3 is 10.9 Å². The van der Waals surface area contributed by atoms with E-state index >= 15 is 0 Å². The maximum absolute atomic E-state index is 10.2. The van der Waals surface area contributed by atoms with E-state index in [0.717, 1.165) is 21.4 Å². The molecular formula is C14H13N3O. The highest BCUT2D eigenvalue weighted by atomic mass is 16.5. The second kappa shape index (κ2) is 3.77. The molecule has 1 aromatic heterocycles. The van der Waals surface area contributed by atoms with Crippen molar-refractivity contribution in [2.45, 2.75) is 6.92 Å². The number of hydrogen-bond acceptors (Lipinski definition) is 3. The Bertz CT molecular complexity index is 731. The molecule has 2 aromatic carbocycles. The third-order valence-electron chi connectivity index (χ3n) is 2.93. The molecule has 0 bridgehead atoms. The Hall–Kier alpha value is -2.49. The smallest absolute Gasteiger partial charge is 0.176 e. The van der Waals surface area contributed by atoms with Crippen LogP contribution in [0.1, 0.15) is 5.56 Å². The number of rotatable bonds is 1. The van der Waals surface area contributed by atoms with E-state index < -0.39 is 0 Å². The first kappa shape index (κ1) is 10.7. The summed E-state index contributed by atoms with van der Waals surface area (Å²) in [6.45, 7) is 1.98. The second-order valence-corrected chi connectivity index (χ2v) is 4.36. The van der Waals surface area contributed by atoms with Crippen molar-refractivity contribution in [3.8, 4) is 11.4 Å². The van der Waals surface area contributed by atoms with Gasteiger partial charge in [-0.15, -0.1) is 0 Å². The van der Waals surface area contributed by atoms with Crippen molar-refractivity contribution in [2.75, 3.05) is 5.73 Å². The van der Waals surface area contributed by atoms with E-state index in [1.807, 2.05) is 37.3 Å². The Kier molecular flexibility index (Phi) is 2.23. The molecule has 90 valence electrons. The van der Waals surface area contributed by atoms with Crippen molar-refractivity contribution in [1.29, 1.82) is 0 Å². The van der Waals surface area contributed by atoms with E-state index in [1.54, 1.807) is 12.1 Å². The van der Waals surface area contributed by atoms with Crippen LogP contribution in [0.4, 0.5) is 5.69 Å². The maximum Gasteiger partial charge on any atom is 0.176 e. The highest BCUT2D eigenvalue weighted by Gasteiger charge is 2.11. The molecule has 3 N–H and O–H groups in total. The molecule has 0 saturated heterocycles. The molecule has 0 aliphatic rings. The van der Waals surface area contributed by atoms with Crippen LogP contribution in [-0.2, 0) is 0 Å². The lowest BCUT2D eigenvalue weighted by molar-refractivity contribution is 0.203. The lowest BCUT2D eigenvalue weighted by atomic mass is 10.2. The number of hydrogen-bond donors (Lipinski definition) is 2. The number of aryl methyl sites for hydroxylation is 1. The van der Waals surface area contributed by atoms with Gasteiger partial charge in [0.15, 0.2) is 5.82 Å². The van der Waals surface area contributed by atoms with Crippen LogP contribution in [0.25, 0.3) is 22.4 Å². The van der Waals surface area contributed by atoms with E-state index in [2.05, 4.69) is 4.98 Å².